The van der Waals surface area contributed by atoms with Crippen molar-refractivity contribution in [2.75, 3.05) is 43.0 Å². The van der Waals surface area contributed by atoms with Gasteiger partial charge in [0, 0.05) is 50.2 Å². The molecule has 2 aliphatic rings. The lowest BCUT2D eigenvalue weighted by Crippen LogP contribution is -2.39. The Kier molecular flexibility index (Phi) is 8.04. The standard InChI is InChI=1S/C29H36N6O4S/c1-4-26(36)34-10-6-5-7-24(19-34)35-27-20(2)15-22(18-33-11-13-40(38,39)14-12-33)17-25(27)31-29(35)32-28(37)23-8-9-30-21(3)16-23/h4,8-9,15-17,24H,1,5-7,10-14,18-19H2,2-3H3,(H,31,32,37). The highest BCUT2D eigenvalue weighted by Crippen LogP contribution is 2.33. The summed E-state index contributed by atoms with van der Waals surface area (Å²) in [6.07, 6.45) is 5.64. The van der Waals surface area contributed by atoms with E-state index in [4.69, 9.17) is 4.98 Å². The zero-order valence-corrected chi connectivity index (χ0v) is 23.9. The van der Waals surface area contributed by atoms with Gasteiger partial charge in [-0.2, -0.15) is 0 Å². The fourth-order valence-corrected chi connectivity index (χ4v) is 7.01. The second-order valence-electron chi connectivity index (χ2n) is 10.8. The van der Waals surface area contributed by atoms with Crippen LogP contribution < -0.4 is 5.32 Å². The number of carbonyl (C=O) groups excluding carboxylic acids is 2. The number of carbonyl (C=O) groups is 2. The summed E-state index contributed by atoms with van der Waals surface area (Å²) in [5, 5.41) is 3.04. The Balaban J connectivity index is 1.53. The first-order chi connectivity index (χ1) is 19.1. The molecular formula is C29H36N6O4S. The van der Waals surface area contributed by atoms with E-state index in [2.05, 4.69) is 32.4 Å². The second kappa shape index (κ2) is 11.5. The summed E-state index contributed by atoms with van der Waals surface area (Å²) >= 11 is 0. The summed E-state index contributed by atoms with van der Waals surface area (Å²) in [5.74, 6) is 0.417. The topological polar surface area (TPSA) is 118 Å². The molecule has 10 nitrogen and oxygen atoms in total. The number of hydrogen-bond acceptors (Lipinski definition) is 7. The highest BCUT2D eigenvalue weighted by atomic mass is 32.2. The van der Waals surface area contributed by atoms with Crippen LogP contribution in [0.5, 0.6) is 0 Å². The fourth-order valence-electron chi connectivity index (χ4n) is 5.73. The number of amides is 2. The lowest BCUT2D eigenvalue weighted by Gasteiger charge is -2.27. The number of nitrogens with zero attached hydrogens (tertiary/aromatic N) is 5. The molecule has 0 saturated carbocycles. The smallest absolute Gasteiger partial charge is 0.258 e. The molecule has 3 aromatic rings. The Morgan fingerprint density at radius 1 is 1.12 bits per heavy atom. The molecule has 1 aromatic carbocycles. The summed E-state index contributed by atoms with van der Waals surface area (Å²) in [6, 6.07) is 7.47. The van der Waals surface area contributed by atoms with Gasteiger partial charge in [0.2, 0.25) is 11.9 Å². The van der Waals surface area contributed by atoms with Crippen LogP contribution in [0.15, 0.2) is 43.1 Å². The van der Waals surface area contributed by atoms with Crippen molar-refractivity contribution < 1.29 is 18.0 Å². The van der Waals surface area contributed by atoms with Gasteiger partial charge in [0.05, 0.1) is 28.6 Å². The van der Waals surface area contributed by atoms with E-state index < -0.39 is 9.84 Å². The zero-order valence-electron chi connectivity index (χ0n) is 23.1. The van der Waals surface area contributed by atoms with Crippen molar-refractivity contribution in [1.82, 2.24) is 24.3 Å². The third kappa shape index (κ3) is 6.10. The third-order valence-corrected chi connectivity index (χ3v) is 9.37. The minimum atomic E-state index is -2.95. The first-order valence-corrected chi connectivity index (χ1v) is 15.6. The summed E-state index contributed by atoms with van der Waals surface area (Å²) in [5.41, 5.74) is 4.97. The number of aromatic nitrogens is 3. The maximum atomic E-state index is 13.3. The van der Waals surface area contributed by atoms with Gasteiger partial charge in [-0.25, -0.2) is 13.4 Å². The molecule has 5 rings (SSSR count). The Morgan fingerprint density at radius 2 is 1.90 bits per heavy atom. The molecule has 2 aliphatic heterocycles. The molecule has 0 bridgehead atoms. The molecule has 2 aromatic heterocycles. The van der Waals surface area contributed by atoms with Crippen LogP contribution in [0.4, 0.5) is 5.95 Å². The van der Waals surface area contributed by atoms with E-state index in [1.165, 1.54) is 6.08 Å². The van der Waals surface area contributed by atoms with Crippen molar-refractivity contribution >= 4 is 38.6 Å². The maximum Gasteiger partial charge on any atom is 0.258 e. The monoisotopic (exact) mass is 564 g/mol. The highest BCUT2D eigenvalue weighted by Gasteiger charge is 2.28. The van der Waals surface area contributed by atoms with Gasteiger partial charge < -0.3 is 9.47 Å². The number of benzene rings is 1. The van der Waals surface area contributed by atoms with Crippen LogP contribution in [-0.4, -0.2) is 82.3 Å². The number of anilines is 1. The number of sulfone groups is 1. The van der Waals surface area contributed by atoms with E-state index in [0.29, 0.717) is 44.2 Å². The van der Waals surface area contributed by atoms with E-state index in [0.717, 1.165) is 47.1 Å². The molecule has 0 radical (unpaired) electrons. The van der Waals surface area contributed by atoms with Crippen LogP contribution in [0.1, 0.15) is 52.5 Å². The molecule has 11 heteroatoms. The van der Waals surface area contributed by atoms with Crippen LogP contribution in [0, 0.1) is 13.8 Å². The summed E-state index contributed by atoms with van der Waals surface area (Å²) in [7, 11) is -2.95. The Bertz CT molecular complexity index is 1550. The maximum absolute atomic E-state index is 13.3. The van der Waals surface area contributed by atoms with E-state index in [1.807, 2.05) is 24.8 Å². The van der Waals surface area contributed by atoms with E-state index in [-0.39, 0.29) is 29.4 Å². The minimum absolute atomic E-state index is 0.0808. The number of pyridine rings is 1. The number of aryl methyl sites for hydroxylation is 2. The molecule has 1 atom stereocenters. The van der Waals surface area contributed by atoms with E-state index in [1.54, 1.807) is 18.3 Å². The molecule has 1 unspecified atom stereocenters. The van der Waals surface area contributed by atoms with Gasteiger partial charge in [0.25, 0.3) is 5.91 Å². The van der Waals surface area contributed by atoms with Crippen molar-refractivity contribution in [2.45, 2.75) is 45.7 Å². The summed E-state index contributed by atoms with van der Waals surface area (Å²) < 4.78 is 25.8. The minimum Gasteiger partial charge on any atom is -0.337 e. The molecule has 2 amide bonds. The van der Waals surface area contributed by atoms with Crippen molar-refractivity contribution in [3.8, 4) is 0 Å². The predicted octanol–water partition coefficient (Wildman–Crippen LogP) is 3.27. The van der Waals surface area contributed by atoms with Crippen molar-refractivity contribution in [1.29, 1.82) is 0 Å². The third-order valence-electron chi connectivity index (χ3n) is 7.76. The average Bonchev–Trinajstić information content (AvgIpc) is 3.10. The molecule has 1 N–H and O–H groups in total. The van der Waals surface area contributed by atoms with Gasteiger partial charge in [-0.05, 0) is 68.5 Å². The highest BCUT2D eigenvalue weighted by molar-refractivity contribution is 7.91. The molecule has 2 saturated heterocycles. The first kappa shape index (κ1) is 28.0. The lowest BCUT2D eigenvalue weighted by atomic mass is 10.1. The van der Waals surface area contributed by atoms with Gasteiger partial charge in [-0.3, -0.25) is 24.8 Å². The van der Waals surface area contributed by atoms with Crippen LogP contribution in [-0.2, 0) is 21.2 Å². The van der Waals surface area contributed by atoms with Crippen molar-refractivity contribution in [3.05, 3.63) is 65.5 Å². The molecule has 4 heterocycles. The van der Waals surface area contributed by atoms with Gasteiger partial charge in [0.15, 0.2) is 9.84 Å². The lowest BCUT2D eigenvalue weighted by molar-refractivity contribution is -0.126. The number of likely N-dealkylation sites (tertiary alicyclic amines) is 1. The average molecular weight is 565 g/mol. The SMILES string of the molecule is C=CC(=O)N1CCCCC(n2c(NC(=O)c3ccnc(C)c3)nc3cc(CN4CCS(=O)(=O)CC4)cc(C)c32)C1. The van der Waals surface area contributed by atoms with Gasteiger partial charge in [-0.1, -0.05) is 12.6 Å². The Hall–Kier alpha value is -3.57. The van der Waals surface area contributed by atoms with Crippen LogP contribution in [0.2, 0.25) is 0 Å². The molecule has 212 valence electrons. The number of hydrogen-bond donors (Lipinski definition) is 1. The second-order valence-corrected chi connectivity index (χ2v) is 13.1. The number of rotatable bonds is 6. The van der Waals surface area contributed by atoms with Crippen molar-refractivity contribution in [2.24, 2.45) is 0 Å². The van der Waals surface area contributed by atoms with Gasteiger partial charge in [-0.15, -0.1) is 0 Å². The van der Waals surface area contributed by atoms with Crippen LogP contribution in [0.25, 0.3) is 11.0 Å². The van der Waals surface area contributed by atoms with Crippen LogP contribution in [0.3, 0.4) is 0 Å². The normalized spacial score (nSPS) is 19.8. The summed E-state index contributed by atoms with van der Waals surface area (Å²) in [4.78, 5) is 39.0. The molecule has 0 aliphatic carbocycles. The largest absolute Gasteiger partial charge is 0.337 e. The Labute approximate surface area is 235 Å². The Morgan fingerprint density at radius 3 is 2.62 bits per heavy atom. The molecule has 0 spiro atoms. The van der Waals surface area contributed by atoms with Gasteiger partial charge in [0.1, 0.15) is 0 Å². The zero-order chi connectivity index (χ0) is 28.4. The summed E-state index contributed by atoms with van der Waals surface area (Å²) in [6.45, 7) is 10.4. The van der Waals surface area contributed by atoms with Gasteiger partial charge >= 0.3 is 0 Å². The van der Waals surface area contributed by atoms with E-state index >= 15 is 0 Å². The number of fused-ring (bicyclic) bond motifs is 1. The van der Waals surface area contributed by atoms with Crippen molar-refractivity contribution in [3.63, 3.8) is 0 Å². The van der Waals surface area contributed by atoms with Crippen LogP contribution >= 0.6 is 0 Å². The number of imidazole rings is 1. The molecular weight excluding hydrogens is 528 g/mol. The quantitative estimate of drug-likeness (QED) is 0.457. The van der Waals surface area contributed by atoms with E-state index in [9.17, 15) is 18.0 Å². The first-order valence-electron chi connectivity index (χ1n) is 13.7. The predicted molar refractivity (Wildman–Crippen MR) is 155 cm³/mol. The number of nitrogens with one attached hydrogen (secondary N) is 1. The molecule has 2 fully saturated rings. The fraction of sp³-hybridized carbons (Fsp3) is 0.448. The molecule has 40 heavy (non-hydrogen) atoms.